The molecule has 1 N–H and O–H groups in total. The second-order valence-electron chi connectivity index (χ2n) is 5.55. The highest BCUT2D eigenvalue weighted by molar-refractivity contribution is 6.20. The smallest absolute Gasteiger partial charge is 0.411 e. The van der Waals surface area contributed by atoms with Crippen LogP contribution in [-0.2, 0) is 4.74 Å². The average molecular weight is 316 g/mol. The molecule has 4 rings (SSSR count). The van der Waals surface area contributed by atoms with Crippen molar-refractivity contribution in [3.63, 3.8) is 0 Å². The van der Waals surface area contributed by atoms with E-state index in [1.165, 1.54) is 0 Å². The number of para-hydroxylation sites is 1. The van der Waals surface area contributed by atoms with Crippen LogP contribution in [0.2, 0.25) is 0 Å². The van der Waals surface area contributed by atoms with Crippen molar-refractivity contribution >= 4 is 44.2 Å². The minimum Gasteiger partial charge on any atom is -0.450 e. The number of amides is 1. The summed E-state index contributed by atoms with van der Waals surface area (Å²) in [5.74, 6) is 0. The predicted octanol–water partition coefficient (Wildman–Crippen LogP) is 5.11. The summed E-state index contributed by atoms with van der Waals surface area (Å²) in [7, 11) is 0. The molecule has 4 nitrogen and oxygen atoms in total. The number of anilines is 1. The monoisotopic (exact) mass is 316 g/mol. The number of aromatic nitrogens is 1. The van der Waals surface area contributed by atoms with E-state index in [1.54, 1.807) is 6.92 Å². The number of fused-ring (bicyclic) bond motifs is 5. The Labute approximate surface area is 139 Å². The zero-order valence-corrected chi connectivity index (χ0v) is 13.2. The molecule has 118 valence electrons. The summed E-state index contributed by atoms with van der Waals surface area (Å²) in [6, 6.07) is 18.0. The van der Waals surface area contributed by atoms with Gasteiger partial charge < -0.3 is 4.74 Å². The first-order chi connectivity index (χ1) is 11.8. The largest absolute Gasteiger partial charge is 0.450 e. The van der Waals surface area contributed by atoms with Crippen LogP contribution < -0.4 is 5.32 Å². The van der Waals surface area contributed by atoms with E-state index in [0.29, 0.717) is 6.61 Å². The number of carbonyl (C=O) groups is 1. The van der Waals surface area contributed by atoms with Crippen LogP contribution in [0.5, 0.6) is 0 Å². The molecule has 0 aliphatic rings. The van der Waals surface area contributed by atoms with E-state index >= 15 is 0 Å². The van der Waals surface area contributed by atoms with Crippen molar-refractivity contribution in [3.05, 3.63) is 60.8 Å². The van der Waals surface area contributed by atoms with Gasteiger partial charge in [0.25, 0.3) is 0 Å². The SMILES string of the molecule is CCOC(=O)Nc1cc2c3ccccc3ncc2c2ccccc12. The normalized spacial score (nSPS) is 11.0. The number of benzene rings is 3. The van der Waals surface area contributed by atoms with Gasteiger partial charge in [0.05, 0.1) is 17.8 Å². The van der Waals surface area contributed by atoms with Gasteiger partial charge in [0.1, 0.15) is 0 Å². The first-order valence-corrected chi connectivity index (χ1v) is 7.91. The fourth-order valence-electron chi connectivity index (χ4n) is 3.09. The number of nitrogens with zero attached hydrogens (tertiary/aromatic N) is 1. The lowest BCUT2D eigenvalue weighted by molar-refractivity contribution is 0.168. The number of ether oxygens (including phenoxy) is 1. The Hall–Kier alpha value is -3.14. The molecule has 0 fully saturated rings. The van der Waals surface area contributed by atoms with Crippen molar-refractivity contribution in [1.29, 1.82) is 0 Å². The van der Waals surface area contributed by atoms with Gasteiger partial charge in [0.2, 0.25) is 0 Å². The lowest BCUT2D eigenvalue weighted by Gasteiger charge is -2.13. The van der Waals surface area contributed by atoms with Gasteiger partial charge in [0, 0.05) is 22.4 Å². The van der Waals surface area contributed by atoms with Crippen molar-refractivity contribution in [2.75, 3.05) is 11.9 Å². The van der Waals surface area contributed by atoms with E-state index in [0.717, 1.165) is 38.1 Å². The maximum absolute atomic E-state index is 11.9. The van der Waals surface area contributed by atoms with Gasteiger partial charge in [-0.25, -0.2) is 4.79 Å². The van der Waals surface area contributed by atoms with Gasteiger partial charge in [-0.1, -0.05) is 42.5 Å². The maximum Gasteiger partial charge on any atom is 0.411 e. The second kappa shape index (κ2) is 5.81. The molecule has 1 heterocycles. The molecule has 0 bridgehead atoms. The minimum atomic E-state index is -0.444. The zero-order chi connectivity index (χ0) is 16.5. The lowest BCUT2D eigenvalue weighted by atomic mass is 9.99. The number of hydrogen-bond acceptors (Lipinski definition) is 3. The third-order valence-electron chi connectivity index (χ3n) is 4.13. The van der Waals surface area contributed by atoms with E-state index in [-0.39, 0.29) is 0 Å². The summed E-state index contributed by atoms with van der Waals surface area (Å²) >= 11 is 0. The maximum atomic E-state index is 11.9. The highest BCUT2D eigenvalue weighted by Crippen LogP contribution is 2.34. The molecule has 3 aromatic carbocycles. The van der Waals surface area contributed by atoms with Crippen LogP contribution >= 0.6 is 0 Å². The van der Waals surface area contributed by atoms with Crippen LogP contribution in [0.3, 0.4) is 0 Å². The fourth-order valence-corrected chi connectivity index (χ4v) is 3.09. The van der Waals surface area contributed by atoms with Crippen molar-refractivity contribution in [1.82, 2.24) is 4.98 Å². The van der Waals surface area contributed by atoms with Crippen LogP contribution in [0, 0.1) is 0 Å². The van der Waals surface area contributed by atoms with Crippen LogP contribution in [0.1, 0.15) is 6.92 Å². The van der Waals surface area contributed by atoms with Crippen molar-refractivity contribution in [3.8, 4) is 0 Å². The van der Waals surface area contributed by atoms with Crippen LogP contribution in [-0.4, -0.2) is 17.7 Å². The molecular formula is C20H16N2O2. The Morgan fingerprint density at radius 3 is 2.46 bits per heavy atom. The van der Waals surface area contributed by atoms with Gasteiger partial charge in [-0.05, 0) is 29.8 Å². The minimum absolute atomic E-state index is 0.337. The van der Waals surface area contributed by atoms with Gasteiger partial charge in [-0.2, -0.15) is 0 Å². The molecule has 0 spiro atoms. The second-order valence-corrected chi connectivity index (χ2v) is 5.55. The number of pyridine rings is 1. The molecule has 0 atom stereocenters. The third kappa shape index (κ3) is 2.33. The van der Waals surface area contributed by atoms with Crippen LogP contribution in [0.15, 0.2) is 60.8 Å². The van der Waals surface area contributed by atoms with Gasteiger partial charge in [-0.3, -0.25) is 10.3 Å². The summed E-state index contributed by atoms with van der Waals surface area (Å²) in [6.45, 7) is 2.13. The van der Waals surface area contributed by atoms with Gasteiger partial charge in [0.15, 0.2) is 0 Å². The molecule has 0 unspecified atom stereocenters. The zero-order valence-electron chi connectivity index (χ0n) is 13.2. The Balaban J connectivity index is 2.05. The molecule has 0 radical (unpaired) electrons. The summed E-state index contributed by atoms with van der Waals surface area (Å²) in [5, 5.41) is 8.08. The standard InChI is InChI=1S/C20H16N2O2/c1-2-24-20(23)22-19-11-16-15-9-5-6-10-18(15)21-12-17(16)13-7-3-4-8-14(13)19/h3-12H,2H2,1H3,(H,22,23). The summed E-state index contributed by atoms with van der Waals surface area (Å²) < 4.78 is 5.03. The van der Waals surface area contributed by atoms with E-state index in [9.17, 15) is 4.79 Å². The molecule has 0 saturated heterocycles. The first-order valence-electron chi connectivity index (χ1n) is 7.91. The van der Waals surface area contributed by atoms with E-state index in [2.05, 4.69) is 10.3 Å². The number of rotatable bonds is 2. The Morgan fingerprint density at radius 1 is 0.958 bits per heavy atom. The number of hydrogen-bond donors (Lipinski definition) is 1. The first kappa shape index (κ1) is 14.5. The Bertz CT molecular complexity index is 1070. The Morgan fingerprint density at radius 2 is 1.67 bits per heavy atom. The topological polar surface area (TPSA) is 51.2 Å². The highest BCUT2D eigenvalue weighted by atomic mass is 16.5. The molecule has 1 amide bonds. The molecule has 0 saturated carbocycles. The van der Waals surface area contributed by atoms with E-state index in [4.69, 9.17) is 4.74 Å². The van der Waals surface area contributed by atoms with Crippen LogP contribution in [0.25, 0.3) is 32.4 Å². The van der Waals surface area contributed by atoms with Crippen LogP contribution in [0.4, 0.5) is 10.5 Å². The summed E-state index contributed by atoms with van der Waals surface area (Å²) in [5.41, 5.74) is 1.68. The summed E-state index contributed by atoms with van der Waals surface area (Å²) in [6.07, 6.45) is 1.45. The summed E-state index contributed by atoms with van der Waals surface area (Å²) in [4.78, 5) is 16.5. The fraction of sp³-hybridized carbons (Fsp3) is 0.100. The number of carbonyl (C=O) groups excluding carboxylic acids is 1. The molecule has 24 heavy (non-hydrogen) atoms. The quantitative estimate of drug-likeness (QED) is 0.523. The lowest BCUT2D eigenvalue weighted by Crippen LogP contribution is -2.13. The van der Waals surface area contributed by atoms with E-state index in [1.807, 2.05) is 60.8 Å². The highest BCUT2D eigenvalue weighted by Gasteiger charge is 2.11. The van der Waals surface area contributed by atoms with Gasteiger partial charge in [-0.15, -0.1) is 0 Å². The van der Waals surface area contributed by atoms with Gasteiger partial charge >= 0.3 is 6.09 Å². The number of nitrogens with one attached hydrogen (secondary N) is 1. The molecule has 4 heteroatoms. The molecule has 1 aromatic heterocycles. The third-order valence-corrected chi connectivity index (χ3v) is 4.13. The molecule has 0 aliphatic carbocycles. The average Bonchev–Trinajstić information content (AvgIpc) is 2.62. The van der Waals surface area contributed by atoms with E-state index < -0.39 is 6.09 Å². The van der Waals surface area contributed by atoms with Crippen molar-refractivity contribution in [2.24, 2.45) is 0 Å². The van der Waals surface area contributed by atoms with Crippen molar-refractivity contribution in [2.45, 2.75) is 6.92 Å². The van der Waals surface area contributed by atoms with Crippen molar-refractivity contribution < 1.29 is 9.53 Å². The predicted molar refractivity (Wildman–Crippen MR) is 97.4 cm³/mol. The molecule has 0 aliphatic heterocycles. The molecular weight excluding hydrogens is 300 g/mol. The molecule has 4 aromatic rings. The Kier molecular flexibility index (Phi) is 3.50.